The van der Waals surface area contributed by atoms with Gasteiger partial charge in [0.15, 0.2) is 0 Å². The minimum Gasteiger partial charge on any atom is -0.394 e. The molecule has 96 valence electrons. The Bertz CT molecular complexity index is 491. The highest BCUT2D eigenvalue weighted by Crippen LogP contribution is 2.14. The molecule has 0 bridgehead atoms. The summed E-state index contributed by atoms with van der Waals surface area (Å²) in [5, 5.41) is 16.8. The normalized spacial score (nSPS) is 11.5. The molecule has 0 atom stereocenters. The SMILES string of the molecule is CC(C)(CO)Nc1cnn(Cc2ccccc2)c1. The molecule has 0 amide bonds. The molecule has 0 aliphatic rings. The molecule has 1 heterocycles. The zero-order valence-electron chi connectivity index (χ0n) is 10.8. The molecule has 0 radical (unpaired) electrons. The number of hydrogen-bond acceptors (Lipinski definition) is 3. The molecule has 18 heavy (non-hydrogen) atoms. The Morgan fingerprint density at radius 3 is 2.67 bits per heavy atom. The minimum atomic E-state index is -0.333. The van der Waals surface area contributed by atoms with Crippen molar-refractivity contribution in [3.8, 4) is 0 Å². The van der Waals surface area contributed by atoms with Crippen molar-refractivity contribution in [1.29, 1.82) is 0 Å². The van der Waals surface area contributed by atoms with Crippen molar-refractivity contribution in [3.63, 3.8) is 0 Å². The van der Waals surface area contributed by atoms with Gasteiger partial charge in [0.05, 0.1) is 30.6 Å². The van der Waals surface area contributed by atoms with Gasteiger partial charge in [-0.1, -0.05) is 30.3 Å². The first-order valence-electron chi connectivity index (χ1n) is 6.04. The maximum absolute atomic E-state index is 9.21. The molecule has 4 heteroatoms. The van der Waals surface area contributed by atoms with Crippen molar-refractivity contribution in [2.45, 2.75) is 25.9 Å². The fraction of sp³-hybridized carbons (Fsp3) is 0.357. The number of aliphatic hydroxyl groups is 1. The third-order valence-corrected chi connectivity index (χ3v) is 2.70. The van der Waals surface area contributed by atoms with Gasteiger partial charge >= 0.3 is 0 Å². The van der Waals surface area contributed by atoms with E-state index in [-0.39, 0.29) is 12.1 Å². The molecule has 2 rings (SSSR count). The summed E-state index contributed by atoms with van der Waals surface area (Å²) in [5.74, 6) is 0. The van der Waals surface area contributed by atoms with Gasteiger partial charge in [-0.15, -0.1) is 0 Å². The Morgan fingerprint density at radius 1 is 1.28 bits per heavy atom. The Labute approximate surface area is 107 Å². The van der Waals surface area contributed by atoms with Crippen molar-refractivity contribution in [1.82, 2.24) is 9.78 Å². The number of anilines is 1. The van der Waals surface area contributed by atoms with Gasteiger partial charge in [-0.3, -0.25) is 4.68 Å². The average Bonchev–Trinajstić information content (AvgIpc) is 2.77. The summed E-state index contributed by atoms with van der Waals surface area (Å²) in [5.41, 5.74) is 1.80. The van der Waals surface area contributed by atoms with Crippen molar-refractivity contribution in [2.75, 3.05) is 11.9 Å². The number of aliphatic hydroxyl groups excluding tert-OH is 1. The molecule has 1 aromatic carbocycles. The summed E-state index contributed by atoms with van der Waals surface area (Å²) in [6.07, 6.45) is 3.73. The standard InChI is InChI=1S/C14H19N3O/c1-14(2,11-18)16-13-8-15-17(10-13)9-12-6-4-3-5-7-12/h3-8,10,16,18H,9,11H2,1-2H3. The van der Waals surface area contributed by atoms with Crippen LogP contribution in [0.4, 0.5) is 5.69 Å². The molecule has 0 aliphatic heterocycles. The summed E-state index contributed by atoms with van der Waals surface area (Å²) in [6.45, 7) is 4.72. The van der Waals surface area contributed by atoms with Gasteiger partial charge in [0.2, 0.25) is 0 Å². The lowest BCUT2D eigenvalue weighted by Crippen LogP contribution is -2.34. The summed E-state index contributed by atoms with van der Waals surface area (Å²) in [4.78, 5) is 0. The first-order chi connectivity index (χ1) is 8.59. The molecule has 0 saturated heterocycles. The van der Waals surface area contributed by atoms with Crippen LogP contribution >= 0.6 is 0 Å². The molecular formula is C14H19N3O. The van der Waals surface area contributed by atoms with Crippen LogP contribution in [0, 0.1) is 0 Å². The van der Waals surface area contributed by atoms with Crippen LogP contribution in [-0.2, 0) is 6.54 Å². The van der Waals surface area contributed by atoms with E-state index < -0.39 is 0 Å². The number of benzene rings is 1. The Morgan fingerprint density at radius 2 is 2.00 bits per heavy atom. The van der Waals surface area contributed by atoms with Crippen LogP contribution < -0.4 is 5.32 Å². The van der Waals surface area contributed by atoms with Crippen molar-refractivity contribution >= 4 is 5.69 Å². The third kappa shape index (κ3) is 3.34. The Balaban J connectivity index is 2.03. The van der Waals surface area contributed by atoms with Crippen molar-refractivity contribution in [3.05, 3.63) is 48.3 Å². The van der Waals surface area contributed by atoms with Gasteiger partial charge in [-0.25, -0.2) is 0 Å². The predicted molar refractivity (Wildman–Crippen MR) is 72.6 cm³/mol. The van der Waals surface area contributed by atoms with Gasteiger partial charge in [-0.2, -0.15) is 5.10 Å². The largest absolute Gasteiger partial charge is 0.394 e. The van der Waals surface area contributed by atoms with E-state index in [1.54, 1.807) is 6.20 Å². The fourth-order valence-electron chi connectivity index (χ4n) is 1.72. The summed E-state index contributed by atoms with van der Waals surface area (Å²) in [7, 11) is 0. The van der Waals surface area contributed by atoms with E-state index in [4.69, 9.17) is 0 Å². The van der Waals surface area contributed by atoms with Crippen LogP contribution in [0.25, 0.3) is 0 Å². The zero-order valence-corrected chi connectivity index (χ0v) is 10.8. The van der Waals surface area contributed by atoms with Crippen LogP contribution in [0.1, 0.15) is 19.4 Å². The second-order valence-electron chi connectivity index (χ2n) is 5.08. The van der Waals surface area contributed by atoms with Crippen LogP contribution in [0.5, 0.6) is 0 Å². The highest BCUT2D eigenvalue weighted by atomic mass is 16.3. The number of nitrogens with one attached hydrogen (secondary N) is 1. The Hall–Kier alpha value is -1.81. The predicted octanol–water partition coefficient (Wildman–Crippen LogP) is 2.11. The second kappa shape index (κ2) is 5.23. The lowest BCUT2D eigenvalue weighted by Gasteiger charge is -2.23. The molecule has 0 fully saturated rings. The molecule has 0 unspecified atom stereocenters. The molecule has 4 nitrogen and oxygen atoms in total. The van der Waals surface area contributed by atoms with E-state index in [1.807, 2.05) is 42.9 Å². The first-order valence-corrected chi connectivity index (χ1v) is 6.04. The van der Waals surface area contributed by atoms with E-state index in [0.717, 1.165) is 12.2 Å². The van der Waals surface area contributed by atoms with Gasteiger partial charge in [-0.05, 0) is 19.4 Å². The van der Waals surface area contributed by atoms with E-state index >= 15 is 0 Å². The zero-order chi connectivity index (χ0) is 13.0. The van der Waals surface area contributed by atoms with Crippen molar-refractivity contribution < 1.29 is 5.11 Å². The van der Waals surface area contributed by atoms with E-state index in [0.29, 0.717) is 0 Å². The van der Waals surface area contributed by atoms with Crippen LogP contribution in [-0.4, -0.2) is 27.0 Å². The average molecular weight is 245 g/mol. The molecular weight excluding hydrogens is 226 g/mol. The lowest BCUT2D eigenvalue weighted by molar-refractivity contribution is 0.234. The topological polar surface area (TPSA) is 50.1 Å². The number of aromatic nitrogens is 2. The van der Waals surface area contributed by atoms with Gasteiger partial charge in [0, 0.05) is 6.20 Å². The quantitative estimate of drug-likeness (QED) is 0.848. The van der Waals surface area contributed by atoms with Crippen LogP contribution in [0.3, 0.4) is 0 Å². The summed E-state index contributed by atoms with van der Waals surface area (Å²) in [6, 6.07) is 10.2. The molecule has 0 saturated carbocycles. The highest BCUT2D eigenvalue weighted by molar-refractivity contribution is 5.41. The molecule has 1 aromatic heterocycles. The molecule has 0 aliphatic carbocycles. The fourth-order valence-corrected chi connectivity index (χ4v) is 1.72. The second-order valence-corrected chi connectivity index (χ2v) is 5.08. The number of hydrogen-bond donors (Lipinski definition) is 2. The maximum Gasteiger partial charge on any atom is 0.0731 e. The van der Waals surface area contributed by atoms with Gasteiger partial charge in [0.1, 0.15) is 0 Å². The van der Waals surface area contributed by atoms with Gasteiger partial charge in [0.25, 0.3) is 0 Å². The molecule has 0 spiro atoms. The lowest BCUT2D eigenvalue weighted by atomic mass is 10.1. The molecule has 2 aromatic rings. The van der Waals surface area contributed by atoms with Crippen molar-refractivity contribution in [2.24, 2.45) is 0 Å². The Kier molecular flexibility index (Phi) is 3.67. The summed E-state index contributed by atoms with van der Waals surface area (Å²) >= 11 is 0. The van der Waals surface area contributed by atoms with E-state index in [2.05, 4.69) is 22.5 Å². The number of rotatable bonds is 5. The first kappa shape index (κ1) is 12.6. The third-order valence-electron chi connectivity index (χ3n) is 2.70. The van der Waals surface area contributed by atoms with E-state index in [9.17, 15) is 5.11 Å². The maximum atomic E-state index is 9.21. The smallest absolute Gasteiger partial charge is 0.0731 e. The highest BCUT2D eigenvalue weighted by Gasteiger charge is 2.16. The van der Waals surface area contributed by atoms with Crippen LogP contribution in [0.15, 0.2) is 42.7 Å². The summed E-state index contributed by atoms with van der Waals surface area (Å²) < 4.78 is 1.88. The monoisotopic (exact) mass is 245 g/mol. The van der Waals surface area contributed by atoms with E-state index in [1.165, 1.54) is 5.56 Å². The van der Waals surface area contributed by atoms with Gasteiger partial charge < -0.3 is 10.4 Å². The number of nitrogens with zero attached hydrogens (tertiary/aromatic N) is 2. The minimum absolute atomic E-state index is 0.0802. The molecule has 2 N–H and O–H groups in total. The van der Waals surface area contributed by atoms with Crippen LogP contribution in [0.2, 0.25) is 0 Å².